The molecule has 0 bridgehead atoms. The van der Waals surface area contributed by atoms with Gasteiger partial charge in [-0.25, -0.2) is 4.98 Å². The SMILES string of the molecule is Cn1nc(-c2ccccc2)nc1C1COCCN1. The van der Waals surface area contributed by atoms with Gasteiger partial charge < -0.3 is 10.1 Å². The van der Waals surface area contributed by atoms with E-state index >= 15 is 0 Å². The number of aromatic nitrogens is 3. The van der Waals surface area contributed by atoms with Crippen molar-refractivity contribution in [2.24, 2.45) is 7.05 Å². The van der Waals surface area contributed by atoms with Gasteiger partial charge in [-0.2, -0.15) is 5.10 Å². The molecular formula is C13H16N4O. The van der Waals surface area contributed by atoms with Gasteiger partial charge in [-0.1, -0.05) is 30.3 Å². The van der Waals surface area contributed by atoms with Crippen molar-refractivity contribution < 1.29 is 4.74 Å². The van der Waals surface area contributed by atoms with Crippen LogP contribution in [0, 0.1) is 0 Å². The monoisotopic (exact) mass is 244 g/mol. The smallest absolute Gasteiger partial charge is 0.181 e. The van der Waals surface area contributed by atoms with Gasteiger partial charge in [0.2, 0.25) is 0 Å². The van der Waals surface area contributed by atoms with Crippen molar-refractivity contribution in [1.29, 1.82) is 0 Å². The Kier molecular flexibility index (Phi) is 3.08. The molecular weight excluding hydrogens is 228 g/mol. The van der Waals surface area contributed by atoms with Crippen LogP contribution in [0.4, 0.5) is 0 Å². The van der Waals surface area contributed by atoms with Crippen LogP contribution in [-0.4, -0.2) is 34.5 Å². The van der Waals surface area contributed by atoms with Gasteiger partial charge in [-0.3, -0.25) is 4.68 Å². The van der Waals surface area contributed by atoms with E-state index in [1.807, 2.05) is 42.1 Å². The minimum atomic E-state index is 0.133. The summed E-state index contributed by atoms with van der Waals surface area (Å²) in [4.78, 5) is 4.61. The summed E-state index contributed by atoms with van der Waals surface area (Å²) in [7, 11) is 1.92. The van der Waals surface area contributed by atoms with Crippen molar-refractivity contribution in [3.63, 3.8) is 0 Å². The van der Waals surface area contributed by atoms with Gasteiger partial charge in [0, 0.05) is 19.2 Å². The average molecular weight is 244 g/mol. The van der Waals surface area contributed by atoms with Crippen molar-refractivity contribution in [3.8, 4) is 11.4 Å². The maximum Gasteiger partial charge on any atom is 0.181 e. The minimum absolute atomic E-state index is 0.133. The van der Waals surface area contributed by atoms with Crippen LogP contribution in [-0.2, 0) is 11.8 Å². The Morgan fingerprint density at radius 1 is 1.33 bits per heavy atom. The van der Waals surface area contributed by atoms with Gasteiger partial charge in [0.25, 0.3) is 0 Å². The summed E-state index contributed by atoms with van der Waals surface area (Å²) in [5.41, 5.74) is 1.04. The fourth-order valence-electron chi connectivity index (χ4n) is 2.14. The first-order valence-electron chi connectivity index (χ1n) is 6.12. The molecule has 2 aromatic rings. The summed E-state index contributed by atoms with van der Waals surface area (Å²) >= 11 is 0. The normalized spacial score (nSPS) is 19.9. The second-order valence-electron chi connectivity index (χ2n) is 4.36. The summed E-state index contributed by atoms with van der Waals surface area (Å²) in [6.07, 6.45) is 0. The van der Waals surface area contributed by atoms with E-state index in [-0.39, 0.29) is 6.04 Å². The highest BCUT2D eigenvalue weighted by Gasteiger charge is 2.21. The molecule has 1 atom stereocenters. The molecule has 2 heterocycles. The van der Waals surface area contributed by atoms with Crippen LogP contribution in [0.25, 0.3) is 11.4 Å². The fraction of sp³-hybridized carbons (Fsp3) is 0.385. The van der Waals surface area contributed by atoms with Crippen LogP contribution in [0.15, 0.2) is 30.3 Å². The molecule has 1 saturated heterocycles. The van der Waals surface area contributed by atoms with Crippen molar-refractivity contribution in [2.75, 3.05) is 19.8 Å². The highest BCUT2D eigenvalue weighted by Crippen LogP contribution is 2.19. The molecule has 1 fully saturated rings. The summed E-state index contributed by atoms with van der Waals surface area (Å²) in [6, 6.07) is 10.1. The predicted octanol–water partition coefficient (Wildman–Crippen LogP) is 1.14. The summed E-state index contributed by atoms with van der Waals surface area (Å²) in [6.45, 7) is 2.28. The van der Waals surface area contributed by atoms with E-state index in [0.717, 1.165) is 30.4 Å². The van der Waals surface area contributed by atoms with Crippen molar-refractivity contribution in [1.82, 2.24) is 20.1 Å². The number of ether oxygens (including phenoxy) is 1. The molecule has 0 spiro atoms. The summed E-state index contributed by atoms with van der Waals surface area (Å²) < 4.78 is 7.29. The number of aryl methyl sites for hydroxylation is 1. The molecule has 5 heteroatoms. The molecule has 1 N–H and O–H groups in total. The highest BCUT2D eigenvalue weighted by atomic mass is 16.5. The molecule has 5 nitrogen and oxygen atoms in total. The van der Waals surface area contributed by atoms with Gasteiger partial charge in [-0.05, 0) is 0 Å². The lowest BCUT2D eigenvalue weighted by molar-refractivity contribution is 0.0731. The minimum Gasteiger partial charge on any atom is -0.378 e. The second-order valence-corrected chi connectivity index (χ2v) is 4.36. The Bertz CT molecular complexity index is 517. The lowest BCUT2D eigenvalue weighted by Crippen LogP contribution is -2.36. The fourth-order valence-corrected chi connectivity index (χ4v) is 2.14. The molecule has 18 heavy (non-hydrogen) atoms. The first kappa shape index (κ1) is 11.4. The van der Waals surface area contributed by atoms with Crippen LogP contribution >= 0.6 is 0 Å². The Hall–Kier alpha value is -1.72. The van der Waals surface area contributed by atoms with E-state index in [9.17, 15) is 0 Å². The second kappa shape index (κ2) is 4.88. The lowest BCUT2D eigenvalue weighted by Gasteiger charge is -2.22. The average Bonchev–Trinajstić information content (AvgIpc) is 2.83. The number of hydrogen-bond donors (Lipinski definition) is 1. The molecule has 1 unspecified atom stereocenters. The van der Waals surface area contributed by atoms with E-state index in [0.29, 0.717) is 6.61 Å². The zero-order valence-electron chi connectivity index (χ0n) is 10.3. The standard InChI is InChI=1S/C13H16N4O/c1-17-13(11-9-18-8-7-14-11)15-12(16-17)10-5-3-2-4-6-10/h2-6,11,14H,7-9H2,1H3. The van der Waals surface area contributed by atoms with Crippen molar-refractivity contribution in [3.05, 3.63) is 36.2 Å². The van der Waals surface area contributed by atoms with Crippen LogP contribution in [0.1, 0.15) is 11.9 Å². The highest BCUT2D eigenvalue weighted by molar-refractivity contribution is 5.54. The molecule has 94 valence electrons. The molecule has 1 aromatic carbocycles. The van der Waals surface area contributed by atoms with Crippen LogP contribution < -0.4 is 5.32 Å². The van der Waals surface area contributed by atoms with Gasteiger partial charge in [0.15, 0.2) is 5.82 Å². The predicted molar refractivity (Wildman–Crippen MR) is 68.0 cm³/mol. The number of hydrogen-bond acceptors (Lipinski definition) is 4. The molecule has 3 rings (SSSR count). The van der Waals surface area contributed by atoms with Crippen molar-refractivity contribution in [2.45, 2.75) is 6.04 Å². The first-order chi connectivity index (χ1) is 8.84. The molecule has 0 aliphatic carbocycles. The van der Waals surface area contributed by atoms with Crippen LogP contribution in [0.3, 0.4) is 0 Å². The number of morpholine rings is 1. The Labute approximate surface area is 106 Å². The number of rotatable bonds is 2. The quantitative estimate of drug-likeness (QED) is 0.860. The zero-order chi connectivity index (χ0) is 12.4. The maximum atomic E-state index is 5.46. The van der Waals surface area contributed by atoms with Crippen LogP contribution in [0.2, 0.25) is 0 Å². The third kappa shape index (κ3) is 2.14. The van der Waals surface area contributed by atoms with E-state index in [1.165, 1.54) is 0 Å². The molecule has 1 aromatic heterocycles. The van der Waals surface area contributed by atoms with Gasteiger partial charge >= 0.3 is 0 Å². The molecule has 1 aliphatic rings. The van der Waals surface area contributed by atoms with Gasteiger partial charge in [0.1, 0.15) is 5.82 Å². The largest absolute Gasteiger partial charge is 0.378 e. The summed E-state index contributed by atoms with van der Waals surface area (Å²) in [5.74, 6) is 1.69. The lowest BCUT2D eigenvalue weighted by atomic mass is 10.2. The number of benzene rings is 1. The van der Waals surface area contributed by atoms with Gasteiger partial charge in [-0.15, -0.1) is 0 Å². The van der Waals surface area contributed by atoms with E-state index in [2.05, 4.69) is 15.4 Å². The van der Waals surface area contributed by atoms with Crippen molar-refractivity contribution >= 4 is 0 Å². The van der Waals surface area contributed by atoms with E-state index in [1.54, 1.807) is 0 Å². The molecule has 0 radical (unpaired) electrons. The zero-order valence-corrected chi connectivity index (χ0v) is 10.3. The third-order valence-corrected chi connectivity index (χ3v) is 3.06. The molecule has 1 aliphatic heterocycles. The molecule has 0 amide bonds. The number of nitrogens with zero attached hydrogens (tertiary/aromatic N) is 3. The van der Waals surface area contributed by atoms with Crippen LogP contribution in [0.5, 0.6) is 0 Å². The van der Waals surface area contributed by atoms with E-state index < -0.39 is 0 Å². The third-order valence-electron chi connectivity index (χ3n) is 3.06. The first-order valence-corrected chi connectivity index (χ1v) is 6.12. The number of nitrogens with one attached hydrogen (secondary N) is 1. The molecule has 0 saturated carbocycles. The van der Waals surface area contributed by atoms with Gasteiger partial charge in [0.05, 0.1) is 19.3 Å². The maximum absolute atomic E-state index is 5.46. The Balaban J connectivity index is 1.91. The topological polar surface area (TPSA) is 52.0 Å². The Morgan fingerprint density at radius 3 is 2.89 bits per heavy atom. The Morgan fingerprint density at radius 2 is 2.17 bits per heavy atom. The van der Waals surface area contributed by atoms with E-state index in [4.69, 9.17) is 4.74 Å². The summed E-state index contributed by atoms with van der Waals surface area (Å²) in [5, 5.41) is 7.86.